The lowest BCUT2D eigenvalue weighted by Crippen LogP contribution is -2.20. The third-order valence-electron chi connectivity index (χ3n) is 4.76. The van der Waals surface area contributed by atoms with Crippen molar-refractivity contribution in [3.8, 4) is 5.75 Å². The molecule has 138 valence electrons. The van der Waals surface area contributed by atoms with Crippen LogP contribution in [0.25, 0.3) is 21.7 Å². The lowest BCUT2D eigenvalue weighted by Gasteiger charge is -2.17. The second-order valence-corrected chi connectivity index (χ2v) is 7.50. The summed E-state index contributed by atoms with van der Waals surface area (Å²) in [5.74, 6) is 0.599. The molecular weight excluding hydrogens is 331 g/mol. The Labute approximate surface area is 152 Å². The summed E-state index contributed by atoms with van der Waals surface area (Å²) in [5.41, 5.74) is 0.665. The van der Waals surface area contributed by atoms with Crippen molar-refractivity contribution in [1.82, 2.24) is 9.55 Å². The zero-order valence-corrected chi connectivity index (χ0v) is 16.0. The molecule has 2 aromatic heterocycles. The third-order valence-corrected chi connectivity index (χ3v) is 4.76. The van der Waals surface area contributed by atoms with Crippen LogP contribution in [0, 0.1) is 24.6 Å². The van der Waals surface area contributed by atoms with E-state index in [-0.39, 0.29) is 16.8 Å². The van der Waals surface area contributed by atoms with E-state index in [9.17, 15) is 4.79 Å². The van der Waals surface area contributed by atoms with E-state index in [1.54, 1.807) is 32.3 Å². The summed E-state index contributed by atoms with van der Waals surface area (Å²) < 4.78 is 22.2. The van der Waals surface area contributed by atoms with Crippen molar-refractivity contribution in [2.75, 3.05) is 6.61 Å². The molecule has 0 aliphatic heterocycles. The van der Waals surface area contributed by atoms with Gasteiger partial charge < -0.3 is 9.30 Å². The maximum absolute atomic E-state index is 15.2. The van der Waals surface area contributed by atoms with E-state index in [1.807, 2.05) is 6.07 Å². The monoisotopic (exact) mass is 356 g/mol. The van der Waals surface area contributed by atoms with Crippen LogP contribution in [0.2, 0.25) is 0 Å². The normalized spacial score (nSPS) is 12.9. The molecule has 0 saturated carbocycles. The van der Waals surface area contributed by atoms with Crippen LogP contribution in [0.15, 0.2) is 29.2 Å². The molecular formula is C21H25FN2O2. The Kier molecular flexibility index (Phi) is 4.99. The molecule has 4 nitrogen and oxygen atoms in total. The van der Waals surface area contributed by atoms with Crippen LogP contribution in [-0.4, -0.2) is 16.2 Å². The van der Waals surface area contributed by atoms with Gasteiger partial charge in [-0.2, -0.15) is 0 Å². The number of halogens is 1. The highest BCUT2D eigenvalue weighted by Crippen LogP contribution is 2.30. The van der Waals surface area contributed by atoms with E-state index in [2.05, 4.69) is 25.8 Å². The predicted octanol–water partition coefficient (Wildman–Crippen LogP) is 4.60. The molecule has 3 aromatic rings. The minimum absolute atomic E-state index is 0.188. The van der Waals surface area contributed by atoms with Gasteiger partial charge in [0.05, 0.1) is 23.2 Å². The lowest BCUT2D eigenvalue weighted by molar-refractivity contribution is 0.231. The summed E-state index contributed by atoms with van der Waals surface area (Å²) in [5, 5.41) is 1.93. The Morgan fingerprint density at radius 2 is 1.92 bits per heavy atom. The maximum Gasteiger partial charge on any atom is 0.260 e. The van der Waals surface area contributed by atoms with Crippen LogP contribution < -0.4 is 10.3 Å². The number of ether oxygens (including phenoxy) is 1. The summed E-state index contributed by atoms with van der Waals surface area (Å²) in [6, 6.07) is 5.23. The molecule has 3 rings (SSSR count). The molecule has 26 heavy (non-hydrogen) atoms. The summed E-state index contributed by atoms with van der Waals surface area (Å²) in [4.78, 5) is 16.9. The molecule has 0 amide bonds. The van der Waals surface area contributed by atoms with E-state index in [0.717, 1.165) is 6.42 Å². The highest BCUT2D eigenvalue weighted by molar-refractivity contribution is 6.06. The fourth-order valence-electron chi connectivity index (χ4n) is 3.64. The zero-order chi connectivity index (χ0) is 19.0. The second kappa shape index (κ2) is 7.06. The molecule has 0 aliphatic rings. The SMILES string of the molecule is Cc1nccc2c1c(=O)n(C)c1c(F)c(OCC(C)CC(C)C)ccc21. The van der Waals surface area contributed by atoms with Crippen molar-refractivity contribution in [3.05, 3.63) is 46.3 Å². The predicted molar refractivity (Wildman–Crippen MR) is 103 cm³/mol. The minimum Gasteiger partial charge on any atom is -0.490 e. The lowest BCUT2D eigenvalue weighted by atomic mass is 10.00. The molecule has 0 bridgehead atoms. The fraction of sp³-hybridized carbons (Fsp3) is 0.429. The topological polar surface area (TPSA) is 44.1 Å². The number of aromatic nitrogens is 2. The number of pyridine rings is 2. The third kappa shape index (κ3) is 3.18. The summed E-state index contributed by atoms with van der Waals surface area (Å²) in [6.45, 7) is 8.65. The van der Waals surface area contributed by atoms with Crippen molar-refractivity contribution in [1.29, 1.82) is 0 Å². The van der Waals surface area contributed by atoms with Gasteiger partial charge in [0.15, 0.2) is 11.6 Å². The molecule has 0 saturated heterocycles. The summed E-state index contributed by atoms with van der Waals surface area (Å²) in [6.07, 6.45) is 2.66. The Morgan fingerprint density at radius 3 is 2.62 bits per heavy atom. The first-order valence-corrected chi connectivity index (χ1v) is 9.00. The Balaban J connectivity index is 2.11. The van der Waals surface area contributed by atoms with Gasteiger partial charge in [-0.05, 0) is 48.8 Å². The number of fused-ring (bicyclic) bond motifs is 3. The van der Waals surface area contributed by atoms with Crippen LogP contribution in [0.4, 0.5) is 4.39 Å². The fourth-order valence-corrected chi connectivity index (χ4v) is 3.64. The minimum atomic E-state index is -0.491. The van der Waals surface area contributed by atoms with Crippen molar-refractivity contribution in [2.24, 2.45) is 18.9 Å². The molecule has 0 spiro atoms. The first-order chi connectivity index (χ1) is 12.3. The number of aryl methyl sites for hydroxylation is 2. The van der Waals surface area contributed by atoms with Gasteiger partial charge in [0.25, 0.3) is 5.56 Å². The first-order valence-electron chi connectivity index (χ1n) is 9.00. The van der Waals surface area contributed by atoms with E-state index in [4.69, 9.17) is 4.74 Å². The molecule has 1 aromatic carbocycles. The molecule has 1 unspecified atom stereocenters. The molecule has 0 aliphatic carbocycles. The van der Waals surface area contributed by atoms with E-state index in [1.165, 1.54) is 4.57 Å². The number of hydrogen-bond donors (Lipinski definition) is 0. The van der Waals surface area contributed by atoms with Gasteiger partial charge in [-0.15, -0.1) is 0 Å². The number of benzene rings is 1. The van der Waals surface area contributed by atoms with Crippen LogP contribution >= 0.6 is 0 Å². The highest BCUT2D eigenvalue weighted by atomic mass is 19.1. The molecule has 0 fully saturated rings. The van der Waals surface area contributed by atoms with Crippen LogP contribution in [-0.2, 0) is 7.05 Å². The number of hydrogen-bond acceptors (Lipinski definition) is 3. The van der Waals surface area contributed by atoms with Gasteiger partial charge in [0.1, 0.15) is 0 Å². The molecule has 5 heteroatoms. The van der Waals surface area contributed by atoms with Gasteiger partial charge in [-0.25, -0.2) is 4.39 Å². The number of nitrogens with zero attached hydrogens (tertiary/aromatic N) is 2. The molecule has 0 N–H and O–H groups in total. The second-order valence-electron chi connectivity index (χ2n) is 7.50. The summed E-state index contributed by atoms with van der Waals surface area (Å²) >= 11 is 0. The Hall–Kier alpha value is -2.43. The van der Waals surface area contributed by atoms with Gasteiger partial charge >= 0.3 is 0 Å². The van der Waals surface area contributed by atoms with E-state index < -0.39 is 5.82 Å². The molecule has 0 radical (unpaired) electrons. The zero-order valence-electron chi connectivity index (χ0n) is 16.0. The van der Waals surface area contributed by atoms with Crippen LogP contribution in [0.1, 0.15) is 32.9 Å². The average Bonchev–Trinajstić information content (AvgIpc) is 2.57. The van der Waals surface area contributed by atoms with Crippen molar-refractivity contribution in [2.45, 2.75) is 34.1 Å². The Bertz CT molecular complexity index is 1020. The van der Waals surface area contributed by atoms with Crippen molar-refractivity contribution >= 4 is 21.7 Å². The number of rotatable bonds is 5. The molecule has 2 heterocycles. The molecule has 1 atom stereocenters. The maximum atomic E-state index is 15.2. The largest absolute Gasteiger partial charge is 0.490 e. The van der Waals surface area contributed by atoms with Crippen molar-refractivity contribution < 1.29 is 9.13 Å². The Morgan fingerprint density at radius 1 is 1.19 bits per heavy atom. The van der Waals surface area contributed by atoms with Gasteiger partial charge in [-0.1, -0.05) is 20.8 Å². The standard InChI is InChI=1S/C21H25FN2O2/c1-12(2)10-13(3)11-26-17-7-6-16-15-8-9-23-14(4)18(15)21(25)24(5)20(16)19(17)22/h6-9,12-13H,10-11H2,1-5H3. The van der Waals surface area contributed by atoms with Gasteiger partial charge in [-0.3, -0.25) is 9.78 Å². The quantitative estimate of drug-likeness (QED) is 0.628. The smallest absolute Gasteiger partial charge is 0.260 e. The van der Waals surface area contributed by atoms with E-state index >= 15 is 4.39 Å². The van der Waals surface area contributed by atoms with Crippen LogP contribution in [0.3, 0.4) is 0 Å². The van der Waals surface area contributed by atoms with Crippen LogP contribution in [0.5, 0.6) is 5.75 Å². The average molecular weight is 356 g/mol. The van der Waals surface area contributed by atoms with Crippen molar-refractivity contribution in [3.63, 3.8) is 0 Å². The van der Waals surface area contributed by atoms with Gasteiger partial charge in [0.2, 0.25) is 0 Å². The van der Waals surface area contributed by atoms with E-state index in [0.29, 0.717) is 40.3 Å². The highest BCUT2D eigenvalue weighted by Gasteiger charge is 2.18. The summed E-state index contributed by atoms with van der Waals surface area (Å²) in [7, 11) is 1.59. The first kappa shape index (κ1) is 18.4. The van der Waals surface area contributed by atoms with Gasteiger partial charge in [0, 0.05) is 18.6 Å².